The number of hydrogen-bond acceptors (Lipinski definition) is 3. The van der Waals surface area contributed by atoms with Crippen LogP contribution in [0.1, 0.15) is 0 Å². The molecule has 2 rings (SSSR count). The van der Waals surface area contributed by atoms with E-state index in [9.17, 15) is 0 Å². The fourth-order valence-corrected chi connectivity index (χ4v) is 2.03. The number of hydrogen-bond donors (Lipinski definition) is 2. The Morgan fingerprint density at radius 3 is 2.45 bits per heavy atom. The van der Waals surface area contributed by atoms with Crippen LogP contribution in [0, 0.1) is 0 Å². The van der Waals surface area contributed by atoms with Crippen molar-refractivity contribution in [2.75, 3.05) is 31.3 Å². The molecule has 1 aliphatic heterocycles. The molecule has 1 heterocycles. The second-order valence-electron chi connectivity index (χ2n) is 4.13. The maximum Gasteiger partial charge on any atom is 0.230 e. The quantitative estimate of drug-likeness (QED) is 0.610. The molecule has 1 saturated heterocycles. The molecule has 0 spiro atoms. The van der Waals surface area contributed by atoms with Gasteiger partial charge in [-0.1, -0.05) is 18.2 Å². The molecule has 0 aliphatic carbocycles. The predicted molar refractivity (Wildman–Crippen MR) is 83.5 cm³/mol. The second-order valence-corrected chi connectivity index (χ2v) is 4.48. The van der Waals surface area contributed by atoms with Crippen LogP contribution >= 0.6 is 16.1 Å². The number of hydrazine groups is 1. The zero-order valence-corrected chi connectivity index (χ0v) is 12.5. The van der Waals surface area contributed by atoms with Gasteiger partial charge in [-0.25, -0.2) is 10.0 Å². The fraction of sp³-hybridized carbons (Fsp3) is 0.333. The lowest BCUT2D eigenvalue weighted by Gasteiger charge is -2.37. The molecule has 0 unspecified atom stereocenters. The number of rotatable bonds is 2. The number of morpholine rings is 1. The lowest BCUT2D eigenvalue weighted by atomic mass is 10.3. The topological polar surface area (TPSA) is 92.5 Å². The van der Waals surface area contributed by atoms with Gasteiger partial charge in [0.05, 0.1) is 35.0 Å². The molecule has 0 radical (unpaired) electrons. The van der Waals surface area contributed by atoms with Crippen molar-refractivity contribution in [3.63, 3.8) is 0 Å². The Bertz CT molecular complexity index is 486. The smallest absolute Gasteiger partial charge is 0.230 e. The van der Waals surface area contributed by atoms with Gasteiger partial charge >= 0.3 is 0 Å². The van der Waals surface area contributed by atoms with Crippen LogP contribution < -0.4 is 16.5 Å². The summed E-state index contributed by atoms with van der Waals surface area (Å²) in [6, 6.07) is 9.75. The Kier molecular flexibility index (Phi) is 5.33. The lowest BCUT2D eigenvalue weighted by Crippen LogP contribution is -2.54. The van der Waals surface area contributed by atoms with E-state index in [-0.39, 0.29) is 11.9 Å². The first-order valence-electron chi connectivity index (χ1n) is 6.18. The number of benzene rings is 1. The normalized spacial score (nSPS) is 18.1. The number of nitrogens with zero attached hydrogens (tertiary/aromatic N) is 4. The molecule has 1 aromatic carbocycles. The molecule has 8 heteroatoms. The van der Waals surface area contributed by atoms with E-state index in [1.165, 1.54) is 0 Å². The molecule has 1 aromatic rings. The van der Waals surface area contributed by atoms with Gasteiger partial charge in [0.25, 0.3) is 0 Å². The molecule has 0 saturated carbocycles. The van der Waals surface area contributed by atoms with E-state index in [1.807, 2.05) is 35.3 Å². The minimum Gasteiger partial charge on any atom is -0.379 e. The number of nitrogens with two attached hydrogens (primary N) is 2. The molecular formula is C12H17BrN6O. The average Bonchev–Trinajstić information content (AvgIpc) is 2.49. The zero-order chi connectivity index (χ0) is 14.4. The lowest BCUT2D eigenvalue weighted by molar-refractivity contribution is 0.0393. The average molecular weight is 341 g/mol. The summed E-state index contributed by atoms with van der Waals surface area (Å²) in [7, 11) is 0. The Morgan fingerprint density at radius 1 is 1.20 bits per heavy atom. The highest BCUT2D eigenvalue weighted by molar-refractivity contribution is 9.08. The Morgan fingerprint density at radius 2 is 1.85 bits per heavy atom. The minimum absolute atomic E-state index is 0.0664. The van der Waals surface area contributed by atoms with E-state index < -0.39 is 0 Å². The summed E-state index contributed by atoms with van der Waals surface area (Å²) < 4.78 is 8.98. The molecule has 1 aliphatic rings. The van der Waals surface area contributed by atoms with Gasteiger partial charge in [-0.3, -0.25) is 0 Å². The number of ether oxygens (including phenoxy) is 1. The van der Waals surface area contributed by atoms with Gasteiger partial charge < -0.3 is 16.2 Å². The van der Waals surface area contributed by atoms with E-state index in [2.05, 4.69) is 30.2 Å². The number of aliphatic imine (C=N–C) groups is 1. The summed E-state index contributed by atoms with van der Waals surface area (Å²) in [6.07, 6.45) is 0. The molecule has 4 N–H and O–H groups in total. The van der Waals surface area contributed by atoms with Crippen molar-refractivity contribution in [1.29, 1.82) is 0 Å². The van der Waals surface area contributed by atoms with Crippen molar-refractivity contribution in [2.24, 2.45) is 20.5 Å². The highest BCUT2D eigenvalue weighted by atomic mass is 79.9. The minimum atomic E-state index is 0.0664. The van der Waals surface area contributed by atoms with Crippen molar-refractivity contribution in [1.82, 2.24) is 5.01 Å². The Balaban J connectivity index is 2.31. The fourth-order valence-electron chi connectivity index (χ4n) is 1.95. The Hall–Kier alpha value is -1.64. The molecule has 0 amide bonds. The van der Waals surface area contributed by atoms with Crippen molar-refractivity contribution in [2.45, 2.75) is 0 Å². The summed E-state index contributed by atoms with van der Waals surface area (Å²) in [5.41, 5.74) is 12.6. The van der Waals surface area contributed by atoms with Crippen LogP contribution in [0.3, 0.4) is 0 Å². The monoisotopic (exact) mass is 340 g/mol. The Labute approximate surface area is 126 Å². The van der Waals surface area contributed by atoms with E-state index in [4.69, 9.17) is 16.2 Å². The van der Waals surface area contributed by atoms with Crippen LogP contribution in [0.4, 0.5) is 5.69 Å². The molecule has 1 fully saturated rings. The maximum atomic E-state index is 6.07. The van der Waals surface area contributed by atoms with Gasteiger partial charge in [0.2, 0.25) is 11.9 Å². The van der Waals surface area contributed by atoms with Crippen molar-refractivity contribution < 1.29 is 4.74 Å². The van der Waals surface area contributed by atoms with E-state index >= 15 is 0 Å². The van der Waals surface area contributed by atoms with E-state index in [0.29, 0.717) is 13.2 Å². The van der Waals surface area contributed by atoms with E-state index in [0.717, 1.165) is 18.8 Å². The van der Waals surface area contributed by atoms with Crippen LogP contribution in [0.15, 0.2) is 39.3 Å². The third-order valence-corrected chi connectivity index (χ3v) is 3.17. The number of halogens is 1. The highest BCUT2D eigenvalue weighted by Gasteiger charge is 2.22. The SMILES string of the molecule is NC(=NBr)N=C(N)N(c1ccccc1)N1CCOCC1. The van der Waals surface area contributed by atoms with Crippen LogP contribution in [0.5, 0.6) is 0 Å². The summed E-state index contributed by atoms with van der Waals surface area (Å²) in [5.74, 6) is 0.329. The first kappa shape index (κ1) is 14.8. The molecule has 20 heavy (non-hydrogen) atoms. The van der Waals surface area contributed by atoms with Gasteiger partial charge in [-0.15, -0.1) is 0 Å². The molecular weight excluding hydrogens is 324 g/mol. The van der Waals surface area contributed by atoms with Gasteiger partial charge in [0.15, 0.2) is 0 Å². The first-order chi connectivity index (χ1) is 9.72. The van der Waals surface area contributed by atoms with Crippen LogP contribution in [0.2, 0.25) is 0 Å². The molecule has 0 bridgehead atoms. The largest absolute Gasteiger partial charge is 0.379 e. The molecule has 7 nitrogen and oxygen atoms in total. The molecule has 0 aromatic heterocycles. The number of guanidine groups is 2. The highest BCUT2D eigenvalue weighted by Crippen LogP contribution is 2.17. The van der Waals surface area contributed by atoms with Crippen LogP contribution in [-0.2, 0) is 4.74 Å². The summed E-state index contributed by atoms with van der Waals surface area (Å²) >= 11 is 2.89. The van der Waals surface area contributed by atoms with Gasteiger partial charge in [0.1, 0.15) is 0 Å². The van der Waals surface area contributed by atoms with Crippen molar-refractivity contribution in [3.05, 3.63) is 30.3 Å². The molecule has 108 valence electrons. The van der Waals surface area contributed by atoms with Crippen LogP contribution in [-0.4, -0.2) is 43.2 Å². The van der Waals surface area contributed by atoms with E-state index in [1.54, 1.807) is 0 Å². The third-order valence-electron chi connectivity index (χ3n) is 2.80. The number of para-hydroxylation sites is 1. The third kappa shape index (κ3) is 3.69. The zero-order valence-electron chi connectivity index (χ0n) is 10.9. The summed E-state index contributed by atoms with van der Waals surface area (Å²) in [5, 5.41) is 3.90. The maximum absolute atomic E-state index is 6.07. The second kappa shape index (κ2) is 7.22. The van der Waals surface area contributed by atoms with Crippen molar-refractivity contribution >= 4 is 33.8 Å². The van der Waals surface area contributed by atoms with Gasteiger partial charge in [-0.2, -0.15) is 9.01 Å². The standard InChI is InChI=1S/C12H17BrN6O/c13-17-11(14)16-12(15)19(10-4-2-1-3-5-10)18-6-8-20-9-7-18/h1-5H,6-9H2,(H4,14,15,16,17). The summed E-state index contributed by atoms with van der Waals surface area (Å²) in [6.45, 7) is 2.77. The summed E-state index contributed by atoms with van der Waals surface area (Å²) in [4.78, 5) is 4.07. The first-order valence-corrected chi connectivity index (χ1v) is 6.89. The van der Waals surface area contributed by atoms with Crippen molar-refractivity contribution in [3.8, 4) is 0 Å². The molecule has 0 atom stereocenters. The van der Waals surface area contributed by atoms with Gasteiger partial charge in [-0.05, 0) is 12.1 Å². The predicted octanol–water partition coefficient (Wildman–Crippen LogP) is 0.679. The van der Waals surface area contributed by atoms with Gasteiger partial charge in [0, 0.05) is 13.1 Å². The van der Waals surface area contributed by atoms with Crippen LogP contribution in [0.25, 0.3) is 0 Å². The number of anilines is 1.